The molecule has 0 radical (unpaired) electrons. The molecule has 1 heteroatoms. The minimum absolute atomic E-state index is 0.712. The molecule has 0 aliphatic carbocycles. The average Bonchev–Trinajstić information content (AvgIpc) is 1.88. The summed E-state index contributed by atoms with van der Waals surface area (Å²) in [5, 5.41) is 0. The highest BCUT2D eigenvalue weighted by Gasteiger charge is 2.11. The molecule has 0 saturated heterocycles. The van der Waals surface area contributed by atoms with Gasteiger partial charge in [-0.1, -0.05) is 11.6 Å². The van der Waals surface area contributed by atoms with Gasteiger partial charge in [-0.05, 0) is 27.2 Å². The van der Waals surface area contributed by atoms with E-state index in [0.29, 0.717) is 6.04 Å². The van der Waals surface area contributed by atoms with Crippen molar-refractivity contribution >= 4 is 0 Å². The lowest BCUT2D eigenvalue weighted by Gasteiger charge is -2.29. The molecule has 1 nitrogen and oxygen atoms in total. The SMILES string of the molecule is CC1=CCCN(C(C)C)C1. The predicted molar refractivity (Wildman–Crippen MR) is 45.1 cm³/mol. The molecule has 0 aromatic rings. The molecule has 1 heterocycles. The molecule has 1 aliphatic heterocycles. The zero-order chi connectivity index (χ0) is 7.56. The summed E-state index contributed by atoms with van der Waals surface area (Å²) in [6.07, 6.45) is 3.59. The third kappa shape index (κ3) is 1.84. The van der Waals surface area contributed by atoms with Crippen LogP contribution in [0.15, 0.2) is 11.6 Å². The van der Waals surface area contributed by atoms with Crippen LogP contribution < -0.4 is 0 Å². The standard InChI is InChI=1S/C9H17N/c1-8(2)10-6-4-5-9(3)7-10/h5,8H,4,6-7H2,1-3H3. The van der Waals surface area contributed by atoms with Gasteiger partial charge in [-0.3, -0.25) is 4.90 Å². The number of rotatable bonds is 1. The molecule has 0 unspecified atom stereocenters. The van der Waals surface area contributed by atoms with Crippen LogP contribution in [0, 0.1) is 0 Å². The Balaban J connectivity index is 2.45. The first-order valence-corrected chi connectivity index (χ1v) is 4.10. The largest absolute Gasteiger partial charge is 0.297 e. The van der Waals surface area contributed by atoms with Crippen molar-refractivity contribution < 1.29 is 0 Å². The average molecular weight is 139 g/mol. The van der Waals surface area contributed by atoms with Crippen molar-refractivity contribution in [3.63, 3.8) is 0 Å². The number of nitrogens with zero attached hydrogens (tertiary/aromatic N) is 1. The monoisotopic (exact) mass is 139 g/mol. The molecule has 58 valence electrons. The Morgan fingerprint density at radius 1 is 1.50 bits per heavy atom. The van der Waals surface area contributed by atoms with Crippen molar-refractivity contribution in [1.29, 1.82) is 0 Å². The van der Waals surface area contributed by atoms with E-state index in [9.17, 15) is 0 Å². The van der Waals surface area contributed by atoms with Crippen LogP contribution in [0.3, 0.4) is 0 Å². The fraction of sp³-hybridized carbons (Fsp3) is 0.778. The van der Waals surface area contributed by atoms with Crippen molar-refractivity contribution in [2.45, 2.75) is 33.2 Å². The summed E-state index contributed by atoms with van der Waals surface area (Å²) in [4.78, 5) is 2.51. The molecule has 0 atom stereocenters. The van der Waals surface area contributed by atoms with Gasteiger partial charge in [-0.15, -0.1) is 0 Å². The summed E-state index contributed by atoms with van der Waals surface area (Å²) in [6.45, 7) is 9.17. The Morgan fingerprint density at radius 3 is 2.60 bits per heavy atom. The van der Waals surface area contributed by atoms with E-state index < -0.39 is 0 Å². The molecule has 0 saturated carbocycles. The maximum atomic E-state index is 2.51. The fourth-order valence-corrected chi connectivity index (χ4v) is 1.38. The van der Waals surface area contributed by atoms with E-state index in [1.54, 1.807) is 0 Å². The van der Waals surface area contributed by atoms with E-state index in [0.717, 1.165) is 0 Å². The van der Waals surface area contributed by atoms with Crippen LogP contribution in [-0.2, 0) is 0 Å². The maximum Gasteiger partial charge on any atom is 0.0192 e. The number of hydrogen-bond donors (Lipinski definition) is 0. The molecule has 0 spiro atoms. The van der Waals surface area contributed by atoms with Gasteiger partial charge >= 0.3 is 0 Å². The topological polar surface area (TPSA) is 3.24 Å². The Hall–Kier alpha value is -0.300. The second kappa shape index (κ2) is 3.20. The highest BCUT2D eigenvalue weighted by Crippen LogP contribution is 2.10. The van der Waals surface area contributed by atoms with Gasteiger partial charge in [0, 0.05) is 19.1 Å². The van der Waals surface area contributed by atoms with Gasteiger partial charge in [0.1, 0.15) is 0 Å². The van der Waals surface area contributed by atoms with E-state index in [4.69, 9.17) is 0 Å². The minimum Gasteiger partial charge on any atom is -0.297 e. The third-order valence-electron chi connectivity index (χ3n) is 2.09. The van der Waals surface area contributed by atoms with Gasteiger partial charge in [0.05, 0.1) is 0 Å². The van der Waals surface area contributed by atoms with Crippen LogP contribution in [0.25, 0.3) is 0 Å². The molecule has 1 aliphatic rings. The molecule has 0 amide bonds. The lowest BCUT2D eigenvalue weighted by molar-refractivity contribution is 0.236. The van der Waals surface area contributed by atoms with Crippen molar-refractivity contribution in [1.82, 2.24) is 4.90 Å². The van der Waals surface area contributed by atoms with E-state index in [-0.39, 0.29) is 0 Å². The smallest absolute Gasteiger partial charge is 0.0192 e. The molecule has 1 rings (SSSR count). The normalized spacial score (nSPS) is 21.4. The van der Waals surface area contributed by atoms with Gasteiger partial charge in [0.25, 0.3) is 0 Å². The van der Waals surface area contributed by atoms with Crippen LogP contribution in [0.2, 0.25) is 0 Å². The molecule has 0 aromatic heterocycles. The molecule has 0 aromatic carbocycles. The van der Waals surface area contributed by atoms with Crippen molar-refractivity contribution in [2.24, 2.45) is 0 Å². The zero-order valence-corrected chi connectivity index (χ0v) is 7.22. The molecule has 10 heavy (non-hydrogen) atoms. The van der Waals surface area contributed by atoms with E-state index in [1.165, 1.54) is 25.1 Å². The minimum atomic E-state index is 0.712. The summed E-state index contributed by atoms with van der Waals surface area (Å²) < 4.78 is 0. The Bertz CT molecular complexity index is 136. The predicted octanol–water partition coefficient (Wildman–Crippen LogP) is 2.05. The third-order valence-corrected chi connectivity index (χ3v) is 2.09. The van der Waals surface area contributed by atoms with Crippen molar-refractivity contribution in [3.8, 4) is 0 Å². The summed E-state index contributed by atoms with van der Waals surface area (Å²) in [7, 11) is 0. The van der Waals surface area contributed by atoms with Crippen LogP contribution >= 0.6 is 0 Å². The maximum absolute atomic E-state index is 2.51. The van der Waals surface area contributed by atoms with E-state index >= 15 is 0 Å². The highest BCUT2D eigenvalue weighted by molar-refractivity contribution is 5.04. The molecular formula is C9H17N. The van der Waals surface area contributed by atoms with Crippen LogP contribution in [0.4, 0.5) is 0 Å². The quantitative estimate of drug-likeness (QED) is 0.502. The van der Waals surface area contributed by atoms with Gasteiger partial charge in [-0.25, -0.2) is 0 Å². The van der Waals surface area contributed by atoms with Gasteiger partial charge in [-0.2, -0.15) is 0 Å². The van der Waals surface area contributed by atoms with Crippen LogP contribution in [-0.4, -0.2) is 24.0 Å². The van der Waals surface area contributed by atoms with Crippen molar-refractivity contribution in [3.05, 3.63) is 11.6 Å². The molecule has 0 fully saturated rings. The second-order valence-electron chi connectivity index (χ2n) is 3.40. The summed E-state index contributed by atoms with van der Waals surface area (Å²) in [5.74, 6) is 0. The molecule has 0 bridgehead atoms. The van der Waals surface area contributed by atoms with Crippen LogP contribution in [0.1, 0.15) is 27.2 Å². The summed E-state index contributed by atoms with van der Waals surface area (Å²) >= 11 is 0. The highest BCUT2D eigenvalue weighted by atomic mass is 15.1. The first-order valence-electron chi connectivity index (χ1n) is 4.10. The van der Waals surface area contributed by atoms with Gasteiger partial charge in [0.2, 0.25) is 0 Å². The Morgan fingerprint density at radius 2 is 2.20 bits per heavy atom. The fourth-order valence-electron chi connectivity index (χ4n) is 1.38. The first kappa shape index (κ1) is 7.80. The van der Waals surface area contributed by atoms with Gasteiger partial charge < -0.3 is 0 Å². The summed E-state index contributed by atoms with van der Waals surface area (Å²) in [5.41, 5.74) is 1.53. The second-order valence-corrected chi connectivity index (χ2v) is 3.40. The van der Waals surface area contributed by atoms with Crippen molar-refractivity contribution in [2.75, 3.05) is 13.1 Å². The lowest BCUT2D eigenvalue weighted by Crippen LogP contribution is -2.35. The molecular weight excluding hydrogens is 122 g/mol. The summed E-state index contributed by atoms with van der Waals surface area (Å²) in [6, 6.07) is 0.712. The van der Waals surface area contributed by atoms with Gasteiger partial charge in [0.15, 0.2) is 0 Å². The number of hydrogen-bond acceptors (Lipinski definition) is 1. The van der Waals surface area contributed by atoms with Crippen LogP contribution in [0.5, 0.6) is 0 Å². The Labute approximate surface area is 63.7 Å². The zero-order valence-electron chi connectivity index (χ0n) is 7.22. The van der Waals surface area contributed by atoms with E-state index in [2.05, 4.69) is 31.7 Å². The lowest BCUT2D eigenvalue weighted by atomic mass is 10.1. The Kier molecular flexibility index (Phi) is 2.50. The molecule has 0 N–H and O–H groups in total. The van der Waals surface area contributed by atoms with E-state index in [1.807, 2.05) is 0 Å². The first-order chi connectivity index (χ1) is 4.70.